The number of rotatable bonds is 7. The van der Waals surface area contributed by atoms with Crippen molar-refractivity contribution in [2.45, 2.75) is 13.3 Å². The van der Waals surface area contributed by atoms with E-state index >= 15 is 0 Å². The smallest absolute Gasteiger partial charge is 0.322 e. The minimum absolute atomic E-state index is 0.0472. The van der Waals surface area contributed by atoms with Crippen LogP contribution in [0.25, 0.3) is 0 Å². The highest BCUT2D eigenvalue weighted by Crippen LogP contribution is 2.16. The van der Waals surface area contributed by atoms with Gasteiger partial charge < -0.3 is 13.9 Å². The fourth-order valence-electron chi connectivity index (χ4n) is 2.23. The van der Waals surface area contributed by atoms with E-state index in [1.165, 1.54) is 0 Å². The maximum Gasteiger partial charge on any atom is 0.322 e. The second-order valence-corrected chi connectivity index (χ2v) is 5.68. The van der Waals surface area contributed by atoms with Gasteiger partial charge in [0.1, 0.15) is 11.5 Å². The quantitative estimate of drug-likeness (QED) is 0.703. The molecule has 0 radical (unpaired) electrons. The van der Waals surface area contributed by atoms with Gasteiger partial charge in [-0.25, -0.2) is 0 Å². The number of benzene rings is 2. The maximum absolute atomic E-state index is 11.9. The molecular formula is C19H19N3O4. The van der Waals surface area contributed by atoms with Crippen LogP contribution in [0.3, 0.4) is 0 Å². The van der Waals surface area contributed by atoms with Gasteiger partial charge in [-0.2, -0.15) is 0 Å². The van der Waals surface area contributed by atoms with Gasteiger partial charge in [-0.1, -0.05) is 34.9 Å². The van der Waals surface area contributed by atoms with E-state index in [4.69, 9.17) is 13.9 Å². The molecule has 26 heavy (non-hydrogen) atoms. The van der Waals surface area contributed by atoms with Gasteiger partial charge in [0.2, 0.25) is 5.89 Å². The molecule has 0 bridgehead atoms. The highest BCUT2D eigenvalue weighted by atomic mass is 16.5. The van der Waals surface area contributed by atoms with E-state index in [2.05, 4.69) is 15.5 Å². The third-order valence-electron chi connectivity index (χ3n) is 3.62. The molecule has 2 aromatic carbocycles. The van der Waals surface area contributed by atoms with E-state index in [0.29, 0.717) is 18.1 Å². The molecule has 0 fully saturated rings. The molecule has 1 aromatic heterocycles. The van der Waals surface area contributed by atoms with Crippen molar-refractivity contribution in [1.29, 1.82) is 0 Å². The first-order chi connectivity index (χ1) is 12.6. The Morgan fingerprint density at radius 1 is 1.04 bits per heavy atom. The van der Waals surface area contributed by atoms with Gasteiger partial charge in [-0.3, -0.25) is 10.1 Å². The summed E-state index contributed by atoms with van der Waals surface area (Å²) in [6.07, 6.45) is 0.465. The van der Waals surface area contributed by atoms with Crippen molar-refractivity contribution in [3.05, 3.63) is 65.5 Å². The van der Waals surface area contributed by atoms with Crippen LogP contribution in [0, 0.1) is 6.92 Å². The number of carbonyl (C=O) groups is 1. The van der Waals surface area contributed by atoms with E-state index in [0.717, 1.165) is 16.9 Å². The Morgan fingerprint density at radius 2 is 1.73 bits per heavy atom. The standard InChI is InChI=1S/C19H19N3O4/c1-13-3-7-16(8-4-13)25-12-17(23)20-19-22-21-18(26-19)11-14-5-9-15(24-2)10-6-14/h3-10H,11-12H2,1-2H3,(H,20,22,23). The summed E-state index contributed by atoms with van der Waals surface area (Å²) in [7, 11) is 1.62. The summed E-state index contributed by atoms with van der Waals surface area (Å²) in [4.78, 5) is 11.9. The van der Waals surface area contributed by atoms with Crippen LogP contribution in [0.15, 0.2) is 52.9 Å². The minimum atomic E-state index is -0.370. The SMILES string of the molecule is COc1ccc(Cc2nnc(NC(=O)COc3ccc(C)cc3)o2)cc1. The minimum Gasteiger partial charge on any atom is -0.497 e. The Balaban J connectivity index is 1.50. The van der Waals surface area contributed by atoms with Crippen LogP contribution < -0.4 is 14.8 Å². The van der Waals surface area contributed by atoms with Crippen LogP contribution in [0.5, 0.6) is 11.5 Å². The van der Waals surface area contributed by atoms with Gasteiger partial charge >= 0.3 is 6.01 Å². The zero-order valence-electron chi connectivity index (χ0n) is 14.6. The first kappa shape index (κ1) is 17.5. The predicted molar refractivity (Wildman–Crippen MR) is 95.4 cm³/mol. The van der Waals surface area contributed by atoms with Crippen LogP contribution in [-0.4, -0.2) is 29.8 Å². The number of nitrogens with one attached hydrogen (secondary N) is 1. The van der Waals surface area contributed by atoms with Crippen molar-refractivity contribution in [2.75, 3.05) is 19.0 Å². The first-order valence-corrected chi connectivity index (χ1v) is 8.07. The van der Waals surface area contributed by atoms with E-state index in [1.807, 2.05) is 55.5 Å². The van der Waals surface area contributed by atoms with E-state index in [-0.39, 0.29) is 18.5 Å². The van der Waals surface area contributed by atoms with Gasteiger partial charge in [0.25, 0.3) is 5.91 Å². The molecule has 1 amide bonds. The average Bonchev–Trinajstić information content (AvgIpc) is 3.08. The van der Waals surface area contributed by atoms with E-state index < -0.39 is 0 Å². The van der Waals surface area contributed by atoms with Crippen molar-refractivity contribution < 1.29 is 18.7 Å². The number of ether oxygens (including phenoxy) is 2. The fraction of sp³-hybridized carbons (Fsp3) is 0.211. The molecule has 0 unspecified atom stereocenters. The molecule has 0 aliphatic rings. The lowest BCUT2D eigenvalue weighted by Gasteiger charge is -2.05. The highest BCUT2D eigenvalue weighted by Gasteiger charge is 2.11. The largest absolute Gasteiger partial charge is 0.497 e. The third-order valence-corrected chi connectivity index (χ3v) is 3.62. The van der Waals surface area contributed by atoms with Gasteiger partial charge in [0.15, 0.2) is 6.61 Å². The normalized spacial score (nSPS) is 10.4. The maximum atomic E-state index is 11.9. The van der Waals surface area contributed by atoms with E-state index in [9.17, 15) is 4.79 Å². The summed E-state index contributed by atoms with van der Waals surface area (Å²) in [6.45, 7) is 1.84. The molecule has 0 aliphatic carbocycles. The second kappa shape index (κ2) is 8.15. The Hall–Kier alpha value is -3.35. The summed E-state index contributed by atoms with van der Waals surface area (Å²) in [5.41, 5.74) is 2.12. The summed E-state index contributed by atoms with van der Waals surface area (Å²) < 4.78 is 16.0. The van der Waals surface area contributed by atoms with Gasteiger partial charge in [0, 0.05) is 0 Å². The van der Waals surface area contributed by atoms with Gasteiger partial charge in [-0.05, 0) is 36.8 Å². The van der Waals surface area contributed by atoms with Crippen LogP contribution in [0.2, 0.25) is 0 Å². The number of carbonyl (C=O) groups excluding carboxylic acids is 1. The third kappa shape index (κ3) is 4.83. The molecule has 1 heterocycles. The monoisotopic (exact) mass is 353 g/mol. The van der Waals surface area contributed by atoms with Crippen LogP contribution in [-0.2, 0) is 11.2 Å². The number of amides is 1. The van der Waals surface area contributed by atoms with Crippen LogP contribution in [0.1, 0.15) is 17.0 Å². The molecule has 0 saturated carbocycles. The molecule has 3 rings (SSSR count). The molecule has 0 saturated heterocycles. The second-order valence-electron chi connectivity index (χ2n) is 5.68. The predicted octanol–water partition coefficient (Wildman–Crippen LogP) is 2.99. The lowest BCUT2D eigenvalue weighted by molar-refractivity contribution is -0.118. The van der Waals surface area contributed by atoms with E-state index in [1.54, 1.807) is 7.11 Å². The summed E-state index contributed by atoms with van der Waals surface area (Å²) in [5.74, 6) is 1.44. The lowest BCUT2D eigenvalue weighted by Crippen LogP contribution is -2.20. The first-order valence-electron chi connectivity index (χ1n) is 8.07. The van der Waals surface area contributed by atoms with Gasteiger partial charge in [0.05, 0.1) is 13.5 Å². The number of hydrogen-bond acceptors (Lipinski definition) is 6. The number of anilines is 1. The van der Waals surface area contributed by atoms with Crippen LogP contribution in [0.4, 0.5) is 6.01 Å². The average molecular weight is 353 g/mol. The molecule has 0 atom stereocenters. The Kier molecular flexibility index (Phi) is 5.48. The summed E-state index contributed by atoms with van der Waals surface area (Å²) >= 11 is 0. The molecule has 0 spiro atoms. The van der Waals surface area contributed by atoms with Gasteiger partial charge in [-0.15, -0.1) is 5.10 Å². The number of aromatic nitrogens is 2. The topological polar surface area (TPSA) is 86.5 Å². The number of nitrogens with zero attached hydrogens (tertiary/aromatic N) is 2. The molecule has 3 aromatic rings. The Labute approximate surface area is 151 Å². The van der Waals surface area contributed by atoms with Crippen molar-refractivity contribution >= 4 is 11.9 Å². The number of hydrogen-bond donors (Lipinski definition) is 1. The number of aryl methyl sites for hydroxylation is 1. The number of methoxy groups -OCH3 is 1. The molecule has 7 heteroatoms. The molecule has 134 valence electrons. The summed E-state index contributed by atoms with van der Waals surface area (Å²) in [6, 6.07) is 15.0. The molecular weight excluding hydrogens is 334 g/mol. The fourth-order valence-corrected chi connectivity index (χ4v) is 2.23. The highest BCUT2D eigenvalue weighted by molar-refractivity contribution is 5.89. The molecule has 1 N–H and O–H groups in total. The Morgan fingerprint density at radius 3 is 2.42 bits per heavy atom. The summed E-state index contributed by atoms with van der Waals surface area (Å²) in [5, 5.41) is 10.3. The molecule has 7 nitrogen and oxygen atoms in total. The Bertz CT molecular complexity index is 857. The van der Waals surface area contributed by atoms with Crippen molar-refractivity contribution in [2.24, 2.45) is 0 Å². The molecule has 0 aliphatic heterocycles. The zero-order chi connectivity index (χ0) is 18.4. The van der Waals surface area contributed by atoms with Crippen LogP contribution >= 0.6 is 0 Å². The van der Waals surface area contributed by atoms with Crippen molar-refractivity contribution in [1.82, 2.24) is 10.2 Å². The van der Waals surface area contributed by atoms with Crippen molar-refractivity contribution in [3.63, 3.8) is 0 Å². The lowest BCUT2D eigenvalue weighted by atomic mass is 10.1. The van der Waals surface area contributed by atoms with Crippen molar-refractivity contribution in [3.8, 4) is 11.5 Å². The zero-order valence-corrected chi connectivity index (χ0v) is 14.6.